The lowest BCUT2D eigenvalue weighted by atomic mass is 9.86. The number of ether oxygens (including phenoxy) is 4. The lowest BCUT2D eigenvalue weighted by Gasteiger charge is -2.40. The van der Waals surface area contributed by atoms with E-state index in [9.17, 15) is 23.2 Å². The topological polar surface area (TPSA) is 149 Å². The average Bonchev–Trinajstić information content (AvgIpc) is 3.70. The highest BCUT2D eigenvalue weighted by Gasteiger charge is 2.43. The number of fused-ring (bicyclic) bond motifs is 2. The van der Waals surface area contributed by atoms with E-state index in [4.69, 9.17) is 25.4 Å². The molecule has 1 aliphatic carbocycles. The Kier molecular flexibility index (Phi) is 17.2. The highest BCUT2D eigenvalue weighted by molar-refractivity contribution is 5.84. The maximum Gasteiger partial charge on any atom is 0.248 e. The van der Waals surface area contributed by atoms with Gasteiger partial charge in [0.2, 0.25) is 23.6 Å². The van der Waals surface area contributed by atoms with Gasteiger partial charge < -0.3 is 39.0 Å². The lowest BCUT2D eigenvalue weighted by molar-refractivity contribution is -0.144. The number of amides is 3. The number of benzene rings is 1. The van der Waals surface area contributed by atoms with Crippen molar-refractivity contribution in [3.05, 3.63) is 47.5 Å². The van der Waals surface area contributed by atoms with Crippen molar-refractivity contribution in [2.45, 2.75) is 108 Å². The smallest absolute Gasteiger partial charge is 0.248 e. The van der Waals surface area contributed by atoms with Crippen LogP contribution < -0.4 is 10.6 Å². The number of aromatic nitrogens is 3. The predicted octanol–water partition coefficient (Wildman–Crippen LogP) is 4.03. The summed E-state index contributed by atoms with van der Waals surface area (Å²) in [4.78, 5) is 43.1. The minimum absolute atomic E-state index is 0.0294. The summed E-state index contributed by atoms with van der Waals surface area (Å²) < 4.78 is 51.4. The number of hydrogen-bond acceptors (Lipinski definition) is 10. The molecular weight excluding hydrogens is 777 g/mol. The number of likely N-dealkylation sites (tertiary alicyclic amines) is 1. The summed E-state index contributed by atoms with van der Waals surface area (Å²) in [6.45, 7) is 7.22. The zero-order valence-corrected chi connectivity index (χ0v) is 35.0. The number of nitrogens with zero attached hydrogens (tertiary/aromatic N) is 5. The molecule has 6 rings (SSSR count). The quantitative estimate of drug-likeness (QED) is 0.117. The van der Waals surface area contributed by atoms with E-state index in [1.807, 2.05) is 37.3 Å². The van der Waals surface area contributed by atoms with Crippen molar-refractivity contribution in [3.8, 4) is 12.3 Å². The summed E-state index contributed by atoms with van der Waals surface area (Å²) in [5, 5.41) is 15.2. The first-order chi connectivity index (χ1) is 29.1. The van der Waals surface area contributed by atoms with Crippen LogP contribution in [0.5, 0.6) is 0 Å². The third-order valence-electron chi connectivity index (χ3n) is 12.5. The number of nitrogens with one attached hydrogen (secondary N) is 2. The SMILES string of the molecule is C#CCOCCOCCOCCOCCC(=O)N1CC(C(=O)NCCc2nnc(C)n2C2CC3CCC(C2)N3CC[C@H](NC(=O)C2CCC(F)(F)CC2)c2ccccc2)C1. The van der Waals surface area contributed by atoms with Crippen LogP contribution in [0.2, 0.25) is 0 Å². The fourth-order valence-corrected chi connectivity index (χ4v) is 9.16. The molecule has 330 valence electrons. The van der Waals surface area contributed by atoms with Gasteiger partial charge in [0.15, 0.2) is 0 Å². The van der Waals surface area contributed by atoms with E-state index in [1.54, 1.807) is 4.90 Å². The van der Waals surface area contributed by atoms with Gasteiger partial charge in [-0.25, -0.2) is 8.78 Å². The average molecular weight is 840 g/mol. The van der Waals surface area contributed by atoms with Crippen molar-refractivity contribution >= 4 is 17.7 Å². The molecule has 1 aromatic carbocycles. The molecule has 1 aromatic heterocycles. The number of halogens is 2. The molecule has 3 saturated heterocycles. The second-order valence-corrected chi connectivity index (χ2v) is 16.6. The summed E-state index contributed by atoms with van der Waals surface area (Å²) in [5.74, 6) is 0.648. The normalized spacial score (nSPS) is 22.2. The predicted molar refractivity (Wildman–Crippen MR) is 219 cm³/mol. The molecule has 2 aromatic rings. The van der Waals surface area contributed by atoms with Crippen LogP contribution in [-0.4, -0.2) is 139 Å². The monoisotopic (exact) mass is 839 g/mol. The Morgan fingerprint density at radius 2 is 1.48 bits per heavy atom. The molecule has 1 saturated carbocycles. The van der Waals surface area contributed by atoms with Gasteiger partial charge in [-0.2, -0.15) is 0 Å². The van der Waals surface area contributed by atoms with Crippen molar-refractivity contribution in [3.63, 3.8) is 0 Å². The molecule has 0 spiro atoms. The van der Waals surface area contributed by atoms with E-state index in [0.717, 1.165) is 55.9 Å². The number of aryl methyl sites for hydroxylation is 1. The van der Waals surface area contributed by atoms with Gasteiger partial charge in [0.1, 0.15) is 18.3 Å². The Morgan fingerprint density at radius 3 is 2.13 bits per heavy atom. The van der Waals surface area contributed by atoms with Crippen molar-refractivity contribution < 1.29 is 42.1 Å². The first-order valence-electron chi connectivity index (χ1n) is 21.8. The minimum atomic E-state index is -2.67. The first kappa shape index (κ1) is 45.5. The fourth-order valence-electron chi connectivity index (χ4n) is 9.16. The van der Waals surface area contributed by atoms with Gasteiger partial charge in [-0.05, 0) is 57.4 Å². The summed E-state index contributed by atoms with van der Waals surface area (Å²) in [6, 6.07) is 10.8. The molecule has 2 unspecified atom stereocenters. The molecule has 14 nitrogen and oxygen atoms in total. The van der Waals surface area contributed by atoms with Crippen LogP contribution in [0, 0.1) is 31.1 Å². The first-order valence-corrected chi connectivity index (χ1v) is 21.8. The van der Waals surface area contributed by atoms with E-state index in [1.165, 1.54) is 0 Å². The van der Waals surface area contributed by atoms with Crippen LogP contribution in [0.15, 0.2) is 30.3 Å². The van der Waals surface area contributed by atoms with Gasteiger partial charge in [-0.1, -0.05) is 36.3 Å². The number of hydrogen-bond donors (Lipinski definition) is 2. The maximum absolute atomic E-state index is 13.8. The fraction of sp³-hybridized carbons (Fsp3) is 0.705. The molecule has 2 N–H and O–H groups in total. The molecule has 4 fully saturated rings. The van der Waals surface area contributed by atoms with Crippen LogP contribution >= 0.6 is 0 Å². The van der Waals surface area contributed by atoms with Crippen LogP contribution in [0.4, 0.5) is 8.78 Å². The molecule has 60 heavy (non-hydrogen) atoms. The minimum Gasteiger partial charge on any atom is -0.379 e. The second kappa shape index (κ2) is 22.7. The van der Waals surface area contributed by atoms with Crippen LogP contribution in [-0.2, 0) is 39.8 Å². The summed E-state index contributed by atoms with van der Waals surface area (Å²) in [5.41, 5.74) is 1.03. The zero-order valence-electron chi connectivity index (χ0n) is 35.0. The maximum atomic E-state index is 13.8. The zero-order chi connectivity index (χ0) is 42.3. The van der Waals surface area contributed by atoms with Crippen LogP contribution in [0.3, 0.4) is 0 Å². The molecular formula is C44H63F2N7O7. The molecule has 4 heterocycles. The second-order valence-electron chi connectivity index (χ2n) is 16.6. The Balaban J connectivity index is 0.873. The summed E-state index contributed by atoms with van der Waals surface area (Å²) in [6.07, 6.45) is 10.8. The third kappa shape index (κ3) is 13.0. The van der Waals surface area contributed by atoms with Crippen molar-refractivity contribution in [2.75, 3.05) is 79.0 Å². The molecule has 2 bridgehead atoms. The molecule has 3 amide bonds. The van der Waals surface area contributed by atoms with E-state index < -0.39 is 5.92 Å². The van der Waals surface area contributed by atoms with Gasteiger partial charge in [0.05, 0.1) is 64.6 Å². The van der Waals surface area contributed by atoms with E-state index in [0.29, 0.717) is 84.4 Å². The Bertz CT molecular complexity index is 1700. The van der Waals surface area contributed by atoms with Crippen LogP contribution in [0.25, 0.3) is 0 Å². The van der Waals surface area contributed by atoms with Gasteiger partial charge in [0.25, 0.3) is 0 Å². The van der Waals surface area contributed by atoms with Crippen molar-refractivity contribution in [1.29, 1.82) is 0 Å². The Hall–Kier alpha value is -4.01. The van der Waals surface area contributed by atoms with Gasteiger partial charge in [0, 0.05) is 69.5 Å². The van der Waals surface area contributed by atoms with Crippen molar-refractivity contribution in [2.24, 2.45) is 11.8 Å². The summed E-state index contributed by atoms with van der Waals surface area (Å²) in [7, 11) is 0. The van der Waals surface area contributed by atoms with Gasteiger partial charge in [-0.3, -0.25) is 19.3 Å². The summed E-state index contributed by atoms with van der Waals surface area (Å²) >= 11 is 0. The number of rotatable bonds is 24. The number of alkyl halides is 2. The highest BCUT2D eigenvalue weighted by Crippen LogP contribution is 2.42. The van der Waals surface area contributed by atoms with Crippen molar-refractivity contribution in [1.82, 2.24) is 35.2 Å². The molecule has 3 atom stereocenters. The standard InChI is InChI=1S/C44H63F2N7O7/c1-3-20-57-22-24-59-26-27-60-25-23-58-21-15-41(54)51-30-35(31-51)42(55)47-18-13-40-50-49-32(2)53(40)38-28-36-9-10-37(29-38)52(36)19-14-39(33-7-5-4-6-8-33)48-43(56)34-11-16-44(45,46)17-12-34/h1,4-8,34-39H,9-31H2,2H3,(H,47,55)(H,48,56)/t36?,37?,38?,39-/m0/s1. The number of piperidine rings is 1. The van der Waals surface area contributed by atoms with E-state index >= 15 is 0 Å². The van der Waals surface area contributed by atoms with Gasteiger partial charge in [-0.15, -0.1) is 16.6 Å². The lowest BCUT2D eigenvalue weighted by Crippen LogP contribution is -2.56. The number of carbonyl (C=O) groups excluding carboxylic acids is 3. The molecule has 4 aliphatic rings. The number of carbonyl (C=O) groups is 3. The van der Waals surface area contributed by atoms with E-state index in [2.05, 4.69) is 36.2 Å². The van der Waals surface area contributed by atoms with E-state index in [-0.39, 0.29) is 80.4 Å². The Morgan fingerprint density at radius 1 is 0.850 bits per heavy atom. The largest absolute Gasteiger partial charge is 0.379 e. The van der Waals surface area contributed by atoms with Crippen LogP contribution in [0.1, 0.15) is 93.5 Å². The molecule has 16 heteroatoms. The number of terminal acetylenes is 1. The van der Waals surface area contributed by atoms with Gasteiger partial charge >= 0.3 is 0 Å². The Labute approximate surface area is 352 Å². The molecule has 0 radical (unpaired) electrons. The third-order valence-corrected chi connectivity index (χ3v) is 12.5. The molecule has 3 aliphatic heterocycles. The highest BCUT2D eigenvalue weighted by atomic mass is 19.3.